The second kappa shape index (κ2) is 8.29. The molecule has 1 nitrogen and oxygen atoms in total. The first kappa shape index (κ1) is 24.7. The summed E-state index contributed by atoms with van der Waals surface area (Å²) in [7, 11) is 0. The third-order valence-electron chi connectivity index (χ3n) is 6.56. The third kappa shape index (κ3) is 3.27. The fraction of sp³-hybridized carbons (Fsp3) is 0.111. The molecule has 10 heteroatoms. The van der Waals surface area contributed by atoms with Crippen LogP contribution in [0.5, 0.6) is 0 Å². The van der Waals surface area contributed by atoms with Crippen molar-refractivity contribution in [3.8, 4) is 11.1 Å². The van der Waals surface area contributed by atoms with E-state index in [1.54, 1.807) is 24.3 Å². The van der Waals surface area contributed by atoms with Gasteiger partial charge in [0.15, 0.2) is 46.5 Å². The third-order valence-corrected chi connectivity index (χ3v) is 6.56. The summed E-state index contributed by atoms with van der Waals surface area (Å²) in [6.07, 6.45) is 0. The van der Waals surface area contributed by atoms with E-state index in [9.17, 15) is 22.0 Å². The summed E-state index contributed by atoms with van der Waals surface area (Å²) in [5.41, 5.74) is -4.77. The van der Waals surface area contributed by atoms with Gasteiger partial charge in [-0.15, -0.1) is 0 Å². The number of anilines is 3. The van der Waals surface area contributed by atoms with E-state index in [4.69, 9.17) is 0 Å². The van der Waals surface area contributed by atoms with Crippen LogP contribution >= 0.6 is 0 Å². The Morgan fingerprint density at radius 1 is 0.459 bits per heavy atom. The normalized spacial score (nSPS) is 14.0. The van der Waals surface area contributed by atoms with Gasteiger partial charge in [-0.25, -0.2) is 39.5 Å². The van der Waals surface area contributed by atoms with Crippen LogP contribution in [-0.2, 0) is 5.41 Å². The van der Waals surface area contributed by atoms with Gasteiger partial charge in [-0.2, -0.15) is 0 Å². The molecule has 1 heterocycles. The summed E-state index contributed by atoms with van der Waals surface area (Å²) in [6, 6.07) is 12.6. The quantitative estimate of drug-likeness (QED) is 0.144. The first-order valence-electron chi connectivity index (χ1n) is 10.8. The molecule has 0 aliphatic carbocycles. The molecule has 0 aromatic heterocycles. The Hall–Kier alpha value is -3.95. The van der Waals surface area contributed by atoms with Crippen LogP contribution in [0.3, 0.4) is 0 Å². The maximum atomic E-state index is 15.6. The highest BCUT2D eigenvalue weighted by atomic mass is 19.2. The fourth-order valence-corrected chi connectivity index (χ4v) is 4.77. The van der Waals surface area contributed by atoms with Gasteiger partial charge in [0.25, 0.3) is 0 Å². The predicted octanol–water partition coefficient (Wildman–Crippen LogP) is 8.71. The lowest BCUT2D eigenvalue weighted by molar-refractivity contribution is 0.379. The Balaban J connectivity index is 1.86. The van der Waals surface area contributed by atoms with Gasteiger partial charge >= 0.3 is 0 Å². The van der Waals surface area contributed by atoms with Crippen molar-refractivity contribution in [1.29, 1.82) is 0 Å². The number of nitrogens with zero attached hydrogens (tertiary/aromatic N) is 1. The highest BCUT2D eigenvalue weighted by molar-refractivity contribution is 5.87. The van der Waals surface area contributed by atoms with Gasteiger partial charge in [-0.05, 0) is 23.3 Å². The molecule has 0 radical (unpaired) electrons. The summed E-state index contributed by atoms with van der Waals surface area (Å²) < 4.78 is 131. The maximum absolute atomic E-state index is 15.6. The Bertz CT molecular complexity index is 1500. The van der Waals surface area contributed by atoms with E-state index in [0.29, 0.717) is 11.1 Å². The van der Waals surface area contributed by atoms with E-state index in [-0.39, 0.29) is 11.4 Å². The van der Waals surface area contributed by atoms with E-state index in [1.165, 1.54) is 24.3 Å². The summed E-state index contributed by atoms with van der Waals surface area (Å²) >= 11 is 0. The Morgan fingerprint density at radius 2 is 0.784 bits per heavy atom. The summed E-state index contributed by atoms with van der Waals surface area (Å²) in [5.74, 6) is -21.8. The number of hydrogen-bond donors (Lipinski definition) is 0. The van der Waals surface area contributed by atoms with Crippen molar-refractivity contribution in [2.45, 2.75) is 19.3 Å². The summed E-state index contributed by atoms with van der Waals surface area (Å²) in [4.78, 5) is 0.912. The van der Waals surface area contributed by atoms with Gasteiger partial charge in [0, 0.05) is 5.41 Å². The minimum absolute atomic E-state index is 0.159. The molecule has 1 aliphatic rings. The zero-order valence-corrected chi connectivity index (χ0v) is 19.0. The Labute approximate surface area is 204 Å². The van der Waals surface area contributed by atoms with E-state index in [1.807, 2.05) is 13.8 Å². The topological polar surface area (TPSA) is 3.24 Å². The van der Waals surface area contributed by atoms with E-state index < -0.39 is 74.6 Å². The standard InChI is InChI=1S/C27H14F9N/c1-27(2)11-7-3-5-9-13(11)37(14-10-6-4-8-12(14)27)26-24(35)19(30)16(20(31)25(26)36)15-17(28)21(32)23(34)22(33)18(15)29/h3-10H,1-2H3. The molecule has 190 valence electrons. The number of fused-ring (bicyclic) bond motifs is 2. The van der Waals surface area contributed by atoms with Crippen molar-refractivity contribution in [1.82, 2.24) is 0 Å². The minimum atomic E-state index is -2.61. The average molecular weight is 523 g/mol. The van der Waals surface area contributed by atoms with E-state index in [0.717, 1.165) is 4.90 Å². The van der Waals surface area contributed by atoms with Crippen LogP contribution in [0.4, 0.5) is 56.6 Å². The van der Waals surface area contributed by atoms with Crippen molar-refractivity contribution < 1.29 is 39.5 Å². The minimum Gasteiger partial charge on any atom is -0.304 e. The van der Waals surface area contributed by atoms with Gasteiger partial charge in [0.1, 0.15) is 5.69 Å². The zero-order chi connectivity index (χ0) is 27.0. The van der Waals surface area contributed by atoms with Gasteiger partial charge in [0.2, 0.25) is 5.82 Å². The van der Waals surface area contributed by atoms with Crippen LogP contribution in [0.1, 0.15) is 25.0 Å². The average Bonchev–Trinajstić information content (AvgIpc) is 2.89. The molecular formula is C27H14F9N. The molecule has 0 unspecified atom stereocenters. The lowest BCUT2D eigenvalue weighted by Crippen LogP contribution is -2.31. The molecule has 0 N–H and O–H groups in total. The largest absolute Gasteiger partial charge is 0.304 e. The van der Waals surface area contributed by atoms with Crippen LogP contribution in [-0.4, -0.2) is 0 Å². The molecule has 0 atom stereocenters. The first-order chi connectivity index (χ1) is 17.4. The Morgan fingerprint density at radius 3 is 1.19 bits per heavy atom. The molecule has 0 saturated carbocycles. The maximum Gasteiger partial charge on any atom is 0.200 e. The smallest absolute Gasteiger partial charge is 0.200 e. The van der Waals surface area contributed by atoms with Crippen LogP contribution < -0.4 is 4.90 Å². The summed E-state index contributed by atoms with van der Waals surface area (Å²) in [5, 5.41) is 0. The van der Waals surface area contributed by atoms with E-state index in [2.05, 4.69) is 0 Å². The lowest BCUT2D eigenvalue weighted by atomic mass is 9.73. The molecular weight excluding hydrogens is 509 g/mol. The molecule has 0 fully saturated rings. The molecule has 0 saturated heterocycles. The van der Waals surface area contributed by atoms with Crippen LogP contribution in [0.15, 0.2) is 48.5 Å². The number of benzene rings is 4. The predicted molar refractivity (Wildman–Crippen MR) is 118 cm³/mol. The number of halogens is 9. The SMILES string of the molecule is CC1(C)c2ccccc2N(c2c(F)c(F)c(-c3c(F)c(F)c(F)c(F)c3F)c(F)c2F)c2ccccc21. The van der Waals surface area contributed by atoms with Crippen molar-refractivity contribution >= 4 is 17.1 Å². The lowest BCUT2D eigenvalue weighted by Gasteiger charge is -2.42. The van der Waals surface area contributed by atoms with Crippen molar-refractivity contribution in [3.63, 3.8) is 0 Å². The number of hydrogen-bond acceptors (Lipinski definition) is 1. The first-order valence-corrected chi connectivity index (χ1v) is 10.8. The van der Waals surface area contributed by atoms with Gasteiger partial charge < -0.3 is 4.90 Å². The monoisotopic (exact) mass is 523 g/mol. The number of rotatable bonds is 2. The van der Waals surface area contributed by atoms with Gasteiger partial charge in [-0.3, -0.25) is 0 Å². The van der Waals surface area contributed by atoms with Crippen LogP contribution in [0.2, 0.25) is 0 Å². The highest BCUT2D eigenvalue weighted by Crippen LogP contribution is 2.53. The second-order valence-electron chi connectivity index (χ2n) is 8.92. The molecule has 4 aromatic rings. The molecule has 0 bridgehead atoms. The molecule has 0 spiro atoms. The van der Waals surface area contributed by atoms with Crippen molar-refractivity contribution in [3.05, 3.63) is 112 Å². The fourth-order valence-electron chi connectivity index (χ4n) is 4.77. The Kier molecular flexibility index (Phi) is 5.54. The molecule has 1 aliphatic heterocycles. The van der Waals surface area contributed by atoms with Crippen LogP contribution in [0.25, 0.3) is 11.1 Å². The molecule has 4 aromatic carbocycles. The molecule has 37 heavy (non-hydrogen) atoms. The van der Waals surface area contributed by atoms with Crippen molar-refractivity contribution in [2.75, 3.05) is 4.90 Å². The van der Waals surface area contributed by atoms with Crippen molar-refractivity contribution in [2.24, 2.45) is 0 Å². The van der Waals surface area contributed by atoms with Crippen LogP contribution in [0, 0.1) is 52.4 Å². The molecule has 5 rings (SSSR count). The van der Waals surface area contributed by atoms with Gasteiger partial charge in [-0.1, -0.05) is 50.2 Å². The highest BCUT2D eigenvalue weighted by Gasteiger charge is 2.41. The zero-order valence-electron chi connectivity index (χ0n) is 19.0. The van der Waals surface area contributed by atoms with Gasteiger partial charge in [0.05, 0.1) is 22.5 Å². The summed E-state index contributed by atoms with van der Waals surface area (Å²) in [6.45, 7) is 3.67. The number of para-hydroxylation sites is 2. The second-order valence-corrected chi connectivity index (χ2v) is 8.92. The molecule has 0 amide bonds. The van der Waals surface area contributed by atoms with E-state index >= 15 is 17.6 Å².